The Labute approximate surface area is 83.4 Å². The predicted molar refractivity (Wildman–Crippen MR) is 44.2 cm³/mol. The van der Waals surface area contributed by atoms with Crippen LogP contribution in [-0.4, -0.2) is 20.2 Å². The second-order valence-electron chi connectivity index (χ2n) is 2.56. The summed E-state index contributed by atoms with van der Waals surface area (Å²) in [6.45, 7) is 0. The minimum Gasteiger partial charge on any atom is -0.491 e. The molecule has 1 rings (SSSR count). The van der Waals surface area contributed by atoms with E-state index in [1.54, 1.807) is 0 Å². The molecule has 15 heavy (non-hydrogen) atoms. The fourth-order valence-corrected chi connectivity index (χ4v) is 1.02. The number of carbonyl (C=O) groups is 1. The van der Waals surface area contributed by atoms with E-state index in [4.69, 9.17) is 0 Å². The first-order valence-electron chi connectivity index (χ1n) is 3.82. The Morgan fingerprint density at radius 3 is 2.27 bits per heavy atom. The van der Waals surface area contributed by atoms with Gasteiger partial charge in [-0.3, -0.25) is 0 Å². The van der Waals surface area contributed by atoms with Gasteiger partial charge in [0.25, 0.3) is 0 Å². The summed E-state index contributed by atoms with van der Waals surface area (Å²) in [5.74, 6) is -6.21. The van der Waals surface area contributed by atoms with Crippen LogP contribution in [0.1, 0.15) is 10.4 Å². The zero-order valence-corrected chi connectivity index (χ0v) is 7.94. The Morgan fingerprint density at radius 2 is 1.80 bits per heavy atom. The SMILES string of the molecule is COC(=O)c1cc(F)c(F)c(OC)c1F. The van der Waals surface area contributed by atoms with Crippen LogP contribution in [0, 0.1) is 17.5 Å². The summed E-state index contributed by atoms with van der Waals surface area (Å²) in [6.07, 6.45) is 0. The predicted octanol–water partition coefficient (Wildman–Crippen LogP) is 1.90. The lowest BCUT2D eigenvalue weighted by Gasteiger charge is -2.07. The molecular formula is C9H7F3O3. The zero-order chi connectivity index (χ0) is 11.6. The van der Waals surface area contributed by atoms with Gasteiger partial charge < -0.3 is 9.47 Å². The minimum atomic E-state index is -1.48. The third-order valence-corrected chi connectivity index (χ3v) is 1.73. The molecule has 0 bridgehead atoms. The van der Waals surface area contributed by atoms with Crippen LogP contribution < -0.4 is 4.74 Å². The maximum absolute atomic E-state index is 13.3. The normalized spacial score (nSPS) is 9.93. The molecule has 6 heteroatoms. The van der Waals surface area contributed by atoms with Crippen molar-refractivity contribution in [1.82, 2.24) is 0 Å². The van der Waals surface area contributed by atoms with Gasteiger partial charge in [-0.2, -0.15) is 4.39 Å². The van der Waals surface area contributed by atoms with Crippen molar-refractivity contribution in [1.29, 1.82) is 0 Å². The molecule has 1 aromatic rings. The molecule has 0 saturated carbocycles. The molecule has 0 aliphatic heterocycles. The molecule has 0 atom stereocenters. The topological polar surface area (TPSA) is 35.5 Å². The number of methoxy groups -OCH3 is 2. The largest absolute Gasteiger partial charge is 0.491 e. The van der Waals surface area contributed by atoms with Crippen LogP contribution in [0.5, 0.6) is 5.75 Å². The van der Waals surface area contributed by atoms with Crippen molar-refractivity contribution >= 4 is 5.97 Å². The van der Waals surface area contributed by atoms with Crippen LogP contribution in [-0.2, 0) is 4.74 Å². The van der Waals surface area contributed by atoms with Gasteiger partial charge in [0.1, 0.15) is 5.56 Å². The lowest BCUT2D eigenvalue weighted by atomic mass is 10.2. The zero-order valence-electron chi connectivity index (χ0n) is 7.94. The molecule has 0 unspecified atom stereocenters. The maximum atomic E-state index is 13.3. The molecule has 0 spiro atoms. The van der Waals surface area contributed by atoms with Gasteiger partial charge in [-0.25, -0.2) is 13.6 Å². The number of rotatable bonds is 2. The average Bonchev–Trinajstić information content (AvgIpc) is 2.23. The highest BCUT2D eigenvalue weighted by Crippen LogP contribution is 2.27. The average molecular weight is 220 g/mol. The van der Waals surface area contributed by atoms with E-state index in [-0.39, 0.29) is 0 Å². The van der Waals surface area contributed by atoms with Gasteiger partial charge in [-0.15, -0.1) is 0 Å². The monoisotopic (exact) mass is 220 g/mol. The van der Waals surface area contributed by atoms with Crippen molar-refractivity contribution in [2.45, 2.75) is 0 Å². The van der Waals surface area contributed by atoms with E-state index in [0.29, 0.717) is 6.07 Å². The van der Waals surface area contributed by atoms with Gasteiger partial charge in [-0.1, -0.05) is 0 Å². The molecule has 0 amide bonds. The maximum Gasteiger partial charge on any atom is 0.341 e. The first kappa shape index (κ1) is 11.4. The minimum absolute atomic E-state index is 0.416. The highest BCUT2D eigenvalue weighted by atomic mass is 19.2. The van der Waals surface area contributed by atoms with Crippen molar-refractivity contribution in [3.63, 3.8) is 0 Å². The molecule has 0 heterocycles. The summed E-state index contributed by atoms with van der Waals surface area (Å²) >= 11 is 0. The van der Waals surface area contributed by atoms with Crippen molar-refractivity contribution in [2.75, 3.05) is 14.2 Å². The number of halogens is 3. The fourth-order valence-electron chi connectivity index (χ4n) is 1.02. The Bertz CT molecular complexity index is 404. The highest BCUT2D eigenvalue weighted by Gasteiger charge is 2.23. The molecule has 1 aromatic carbocycles. The lowest BCUT2D eigenvalue weighted by molar-refractivity contribution is 0.0593. The van der Waals surface area contributed by atoms with Crippen LogP contribution in [0.15, 0.2) is 6.07 Å². The number of ether oxygens (including phenoxy) is 2. The fraction of sp³-hybridized carbons (Fsp3) is 0.222. The Hall–Kier alpha value is -1.72. The lowest BCUT2D eigenvalue weighted by Crippen LogP contribution is -2.08. The van der Waals surface area contributed by atoms with Gasteiger partial charge in [0.15, 0.2) is 17.4 Å². The number of esters is 1. The van der Waals surface area contributed by atoms with Crippen molar-refractivity contribution in [3.05, 3.63) is 29.1 Å². The van der Waals surface area contributed by atoms with Crippen molar-refractivity contribution < 1.29 is 27.4 Å². The summed E-state index contributed by atoms with van der Waals surface area (Å²) in [6, 6.07) is 0.416. The molecule has 0 fully saturated rings. The van der Waals surface area contributed by atoms with E-state index in [9.17, 15) is 18.0 Å². The molecule has 0 aliphatic carbocycles. The third kappa shape index (κ3) is 1.88. The second kappa shape index (κ2) is 4.20. The quantitative estimate of drug-likeness (QED) is 0.564. The van der Waals surface area contributed by atoms with E-state index in [1.807, 2.05) is 0 Å². The Balaban J connectivity index is 3.43. The molecule has 0 aliphatic rings. The van der Waals surface area contributed by atoms with Gasteiger partial charge in [-0.05, 0) is 6.07 Å². The summed E-state index contributed by atoms with van der Waals surface area (Å²) in [5.41, 5.74) is -0.715. The number of hydrogen-bond acceptors (Lipinski definition) is 3. The van der Waals surface area contributed by atoms with Gasteiger partial charge >= 0.3 is 5.97 Å². The van der Waals surface area contributed by atoms with Crippen LogP contribution in [0.25, 0.3) is 0 Å². The van der Waals surface area contributed by atoms with E-state index in [1.165, 1.54) is 0 Å². The van der Waals surface area contributed by atoms with Gasteiger partial charge in [0.05, 0.1) is 14.2 Å². The van der Waals surface area contributed by atoms with E-state index in [0.717, 1.165) is 14.2 Å². The Kier molecular flexibility index (Phi) is 3.18. The Morgan fingerprint density at radius 1 is 1.20 bits per heavy atom. The van der Waals surface area contributed by atoms with Gasteiger partial charge in [0.2, 0.25) is 5.82 Å². The van der Waals surface area contributed by atoms with Crippen LogP contribution in [0.2, 0.25) is 0 Å². The van der Waals surface area contributed by atoms with Crippen molar-refractivity contribution in [2.24, 2.45) is 0 Å². The highest BCUT2D eigenvalue weighted by molar-refractivity contribution is 5.90. The molecular weight excluding hydrogens is 213 g/mol. The standard InChI is InChI=1S/C9H7F3O3/c1-14-8-6(11)4(9(13)15-2)3-5(10)7(8)12/h3H,1-2H3. The van der Waals surface area contributed by atoms with Crippen LogP contribution >= 0.6 is 0 Å². The summed E-state index contributed by atoms with van der Waals surface area (Å²) in [7, 11) is 1.96. The first-order valence-corrected chi connectivity index (χ1v) is 3.82. The molecule has 3 nitrogen and oxygen atoms in total. The molecule has 0 saturated heterocycles. The number of hydrogen-bond donors (Lipinski definition) is 0. The van der Waals surface area contributed by atoms with E-state index < -0.39 is 34.7 Å². The smallest absolute Gasteiger partial charge is 0.341 e. The first-order chi connectivity index (χ1) is 7.02. The number of carbonyl (C=O) groups excluding carboxylic acids is 1. The van der Waals surface area contributed by atoms with E-state index in [2.05, 4.69) is 9.47 Å². The summed E-state index contributed by atoms with van der Waals surface area (Å²) < 4.78 is 47.6. The van der Waals surface area contributed by atoms with Crippen molar-refractivity contribution in [3.8, 4) is 5.75 Å². The van der Waals surface area contributed by atoms with Crippen LogP contribution in [0.4, 0.5) is 13.2 Å². The summed E-state index contributed by atoms with van der Waals surface area (Å²) in [4.78, 5) is 11.0. The molecule has 82 valence electrons. The van der Waals surface area contributed by atoms with Gasteiger partial charge in [0, 0.05) is 0 Å². The summed E-state index contributed by atoms with van der Waals surface area (Å²) in [5, 5.41) is 0. The second-order valence-corrected chi connectivity index (χ2v) is 2.56. The number of benzene rings is 1. The third-order valence-electron chi connectivity index (χ3n) is 1.73. The van der Waals surface area contributed by atoms with Crippen LogP contribution in [0.3, 0.4) is 0 Å². The molecule has 0 radical (unpaired) electrons. The van der Waals surface area contributed by atoms with E-state index >= 15 is 0 Å². The molecule has 0 N–H and O–H groups in total. The molecule has 0 aromatic heterocycles.